The topological polar surface area (TPSA) is 62.5 Å². The van der Waals surface area contributed by atoms with E-state index in [2.05, 4.69) is 15.4 Å². The largest absolute Gasteiger partial charge is 0.322 e. The van der Waals surface area contributed by atoms with Crippen LogP contribution in [0.5, 0.6) is 0 Å². The maximum Gasteiger partial charge on any atom is 0.322 e. The third kappa shape index (κ3) is 3.01. The van der Waals surface area contributed by atoms with Gasteiger partial charge in [-0.2, -0.15) is 4.98 Å². The molecule has 0 bridgehead atoms. The van der Waals surface area contributed by atoms with Crippen LogP contribution in [0.1, 0.15) is 10.6 Å². The molecule has 0 saturated heterocycles. The molecular formula is C20H16FN5OS. The van der Waals surface area contributed by atoms with E-state index in [4.69, 9.17) is 0 Å². The number of urea groups is 1. The van der Waals surface area contributed by atoms with Crippen LogP contribution < -0.4 is 5.32 Å². The number of hydrogen-bond acceptors (Lipinski definition) is 4. The predicted molar refractivity (Wildman–Crippen MR) is 106 cm³/mol. The number of anilines is 1. The van der Waals surface area contributed by atoms with Crippen LogP contribution >= 0.6 is 11.3 Å². The Balaban J connectivity index is 1.37. The van der Waals surface area contributed by atoms with E-state index < -0.39 is 0 Å². The first-order valence-electron chi connectivity index (χ1n) is 8.91. The van der Waals surface area contributed by atoms with Crippen LogP contribution in [0.15, 0.2) is 54.6 Å². The Bertz CT molecular complexity index is 1150. The van der Waals surface area contributed by atoms with E-state index in [1.165, 1.54) is 23.5 Å². The van der Waals surface area contributed by atoms with Crippen LogP contribution in [0.3, 0.4) is 0 Å². The Hall–Kier alpha value is -3.26. The van der Waals surface area contributed by atoms with Crippen LogP contribution in [0.25, 0.3) is 16.3 Å². The Morgan fingerprint density at radius 2 is 1.89 bits per heavy atom. The van der Waals surface area contributed by atoms with Crippen LogP contribution in [-0.4, -0.2) is 32.1 Å². The molecule has 0 atom stereocenters. The molecule has 0 aliphatic carbocycles. The minimum absolute atomic E-state index is 0.108. The van der Waals surface area contributed by atoms with Gasteiger partial charge in [-0.05, 0) is 36.4 Å². The number of nitrogens with one attached hydrogen (secondary N) is 1. The average molecular weight is 393 g/mol. The summed E-state index contributed by atoms with van der Waals surface area (Å²) in [7, 11) is 0. The molecular weight excluding hydrogens is 377 g/mol. The van der Waals surface area contributed by atoms with Gasteiger partial charge >= 0.3 is 6.03 Å². The van der Waals surface area contributed by atoms with Crippen molar-refractivity contribution in [2.24, 2.45) is 0 Å². The van der Waals surface area contributed by atoms with Gasteiger partial charge in [0.2, 0.25) is 4.96 Å². The highest BCUT2D eigenvalue weighted by atomic mass is 32.1. The van der Waals surface area contributed by atoms with Crippen molar-refractivity contribution in [1.82, 2.24) is 19.5 Å². The average Bonchev–Trinajstić information content (AvgIpc) is 3.26. The van der Waals surface area contributed by atoms with Crippen molar-refractivity contribution in [3.63, 3.8) is 0 Å². The fourth-order valence-electron chi connectivity index (χ4n) is 3.31. The lowest BCUT2D eigenvalue weighted by molar-refractivity contribution is 0.206. The van der Waals surface area contributed by atoms with Crippen molar-refractivity contribution in [2.45, 2.75) is 13.0 Å². The lowest BCUT2D eigenvalue weighted by Crippen LogP contribution is -2.38. The van der Waals surface area contributed by atoms with E-state index >= 15 is 0 Å². The second-order valence-corrected chi connectivity index (χ2v) is 7.64. The van der Waals surface area contributed by atoms with Crippen LogP contribution in [0.4, 0.5) is 14.9 Å². The molecule has 0 unspecified atom stereocenters. The van der Waals surface area contributed by atoms with E-state index in [9.17, 15) is 9.18 Å². The number of amides is 2. The molecule has 2 aromatic carbocycles. The standard InChI is InChI=1S/C20H16FN5OS/c21-14-8-6-13(7-9-14)18-23-20-26(24-18)16-10-11-25(12-17(16)28-20)19(27)22-15-4-2-1-3-5-15/h1-9H,10-12H2,(H,22,27). The number of nitrogens with zero attached hydrogens (tertiary/aromatic N) is 4. The quantitative estimate of drug-likeness (QED) is 0.556. The smallest absolute Gasteiger partial charge is 0.319 e. The molecule has 8 heteroatoms. The summed E-state index contributed by atoms with van der Waals surface area (Å²) in [5.74, 6) is 0.300. The van der Waals surface area contributed by atoms with Gasteiger partial charge in [0.1, 0.15) is 5.82 Å². The lowest BCUT2D eigenvalue weighted by Gasteiger charge is -2.26. The van der Waals surface area contributed by atoms with E-state index in [-0.39, 0.29) is 11.8 Å². The Labute approximate surface area is 164 Å². The molecule has 0 saturated carbocycles. The Morgan fingerprint density at radius 1 is 1.11 bits per heavy atom. The number of aromatic nitrogens is 3. The van der Waals surface area contributed by atoms with Crippen molar-refractivity contribution in [2.75, 3.05) is 11.9 Å². The second kappa shape index (κ2) is 6.72. The minimum atomic E-state index is -0.281. The van der Waals surface area contributed by atoms with Crippen LogP contribution in [0, 0.1) is 5.82 Å². The third-order valence-electron chi connectivity index (χ3n) is 4.74. The summed E-state index contributed by atoms with van der Waals surface area (Å²) in [5.41, 5.74) is 2.65. The monoisotopic (exact) mass is 393 g/mol. The van der Waals surface area contributed by atoms with Gasteiger partial charge in [0, 0.05) is 29.1 Å². The SMILES string of the molecule is O=C(Nc1ccccc1)N1CCc2c(sc3nc(-c4ccc(F)cc4)nn23)C1. The number of carbonyl (C=O) groups excluding carboxylic acids is 1. The molecule has 3 heterocycles. The number of halogens is 1. The minimum Gasteiger partial charge on any atom is -0.319 e. The summed E-state index contributed by atoms with van der Waals surface area (Å²) in [6.07, 6.45) is 0.712. The van der Waals surface area contributed by atoms with Gasteiger partial charge in [-0.25, -0.2) is 13.7 Å². The maximum atomic E-state index is 13.1. The highest BCUT2D eigenvalue weighted by Crippen LogP contribution is 2.29. The number of thiazole rings is 1. The molecule has 0 fully saturated rings. The number of hydrogen-bond donors (Lipinski definition) is 1. The van der Waals surface area contributed by atoms with E-state index in [1.807, 2.05) is 34.8 Å². The lowest BCUT2D eigenvalue weighted by atomic mass is 10.2. The number of fused-ring (bicyclic) bond motifs is 3. The zero-order valence-corrected chi connectivity index (χ0v) is 15.6. The highest BCUT2D eigenvalue weighted by molar-refractivity contribution is 7.17. The molecule has 2 amide bonds. The van der Waals surface area contributed by atoms with Gasteiger partial charge in [-0.15, -0.1) is 5.10 Å². The van der Waals surface area contributed by atoms with Crippen molar-refractivity contribution >= 4 is 28.0 Å². The summed E-state index contributed by atoms with van der Waals surface area (Å²) in [5, 5.41) is 7.53. The molecule has 1 N–H and O–H groups in total. The van der Waals surface area contributed by atoms with E-state index in [1.54, 1.807) is 17.0 Å². The first kappa shape index (κ1) is 16.9. The fraction of sp³-hybridized carbons (Fsp3) is 0.150. The number of rotatable bonds is 2. The molecule has 2 aromatic heterocycles. The number of carbonyl (C=O) groups is 1. The summed E-state index contributed by atoms with van der Waals surface area (Å²) in [6, 6.07) is 15.5. The van der Waals surface area contributed by atoms with Crippen molar-refractivity contribution in [3.05, 3.63) is 71.0 Å². The van der Waals surface area contributed by atoms with Crippen molar-refractivity contribution < 1.29 is 9.18 Å². The van der Waals surface area contributed by atoms with Gasteiger partial charge in [-0.1, -0.05) is 29.5 Å². The number of para-hydroxylation sites is 1. The molecule has 140 valence electrons. The number of benzene rings is 2. The van der Waals surface area contributed by atoms with E-state index in [0.717, 1.165) is 26.8 Å². The molecule has 6 nitrogen and oxygen atoms in total. The molecule has 1 aliphatic heterocycles. The molecule has 4 aromatic rings. The fourth-order valence-corrected chi connectivity index (χ4v) is 4.42. The van der Waals surface area contributed by atoms with Gasteiger partial charge in [0.15, 0.2) is 5.82 Å². The second-order valence-electron chi connectivity index (χ2n) is 6.58. The van der Waals surface area contributed by atoms with Gasteiger partial charge in [0.25, 0.3) is 0 Å². The van der Waals surface area contributed by atoms with Crippen molar-refractivity contribution in [3.8, 4) is 11.4 Å². The Kier molecular flexibility index (Phi) is 4.05. The summed E-state index contributed by atoms with van der Waals surface area (Å²) in [4.78, 5) is 20.8. The predicted octanol–water partition coefficient (Wildman–Crippen LogP) is 4.19. The Morgan fingerprint density at radius 3 is 2.68 bits per heavy atom. The van der Waals surface area contributed by atoms with Gasteiger partial charge in [-0.3, -0.25) is 0 Å². The summed E-state index contributed by atoms with van der Waals surface area (Å²) in [6.45, 7) is 1.15. The van der Waals surface area contributed by atoms with Crippen molar-refractivity contribution in [1.29, 1.82) is 0 Å². The highest BCUT2D eigenvalue weighted by Gasteiger charge is 2.26. The molecule has 28 heavy (non-hydrogen) atoms. The molecule has 5 rings (SSSR count). The van der Waals surface area contributed by atoms with E-state index in [0.29, 0.717) is 25.3 Å². The first-order chi connectivity index (χ1) is 13.7. The summed E-state index contributed by atoms with van der Waals surface area (Å²) < 4.78 is 15.0. The van der Waals surface area contributed by atoms with Crippen LogP contribution in [0.2, 0.25) is 0 Å². The maximum absolute atomic E-state index is 13.1. The van der Waals surface area contributed by atoms with Gasteiger partial charge in [0.05, 0.1) is 12.2 Å². The third-order valence-corrected chi connectivity index (χ3v) is 5.80. The zero-order chi connectivity index (χ0) is 19.1. The summed E-state index contributed by atoms with van der Waals surface area (Å²) >= 11 is 1.54. The molecule has 0 radical (unpaired) electrons. The van der Waals surface area contributed by atoms with Crippen LogP contribution in [-0.2, 0) is 13.0 Å². The normalized spacial score (nSPS) is 13.5. The molecule has 1 aliphatic rings. The molecule has 0 spiro atoms. The van der Waals surface area contributed by atoms with Gasteiger partial charge < -0.3 is 10.2 Å². The zero-order valence-electron chi connectivity index (χ0n) is 14.8. The first-order valence-corrected chi connectivity index (χ1v) is 9.73.